The fraction of sp³-hybridized carbons (Fsp3) is 0.310. The van der Waals surface area contributed by atoms with Crippen molar-refractivity contribution in [3.05, 3.63) is 88.7 Å². The van der Waals surface area contributed by atoms with E-state index in [1.807, 2.05) is 19.1 Å². The zero-order valence-electron chi connectivity index (χ0n) is 19.1. The zero-order valence-corrected chi connectivity index (χ0v) is 19.1. The molecule has 1 saturated carbocycles. The van der Waals surface area contributed by atoms with Gasteiger partial charge in [0.05, 0.1) is 6.61 Å². The molecule has 0 amide bonds. The number of halogens is 3. The SMILES string of the molecule is CCOc1ccc(/C=C/c2ccc(-c3ccc(C4CCC(C)CC4)c(F)c3F)cc2)c(F)c1. The molecule has 0 heterocycles. The van der Waals surface area contributed by atoms with Crippen LogP contribution in [0.5, 0.6) is 5.75 Å². The van der Waals surface area contributed by atoms with Crippen LogP contribution < -0.4 is 4.74 Å². The van der Waals surface area contributed by atoms with Crippen LogP contribution in [0.15, 0.2) is 54.6 Å². The molecular weight excluding hydrogens is 421 g/mol. The van der Waals surface area contributed by atoms with Crippen LogP contribution in [0.25, 0.3) is 23.3 Å². The van der Waals surface area contributed by atoms with E-state index in [1.165, 1.54) is 6.07 Å². The lowest BCUT2D eigenvalue weighted by molar-refractivity contribution is 0.338. The molecule has 3 aromatic carbocycles. The van der Waals surface area contributed by atoms with Gasteiger partial charge in [-0.25, -0.2) is 13.2 Å². The molecule has 0 atom stereocenters. The highest BCUT2D eigenvalue weighted by molar-refractivity contribution is 5.73. The molecular formula is C29H29F3O. The summed E-state index contributed by atoms with van der Waals surface area (Å²) in [5.74, 6) is -0.617. The van der Waals surface area contributed by atoms with Crippen LogP contribution in [0.3, 0.4) is 0 Å². The molecule has 172 valence electrons. The lowest BCUT2D eigenvalue weighted by atomic mass is 9.79. The van der Waals surface area contributed by atoms with Gasteiger partial charge in [-0.15, -0.1) is 0 Å². The van der Waals surface area contributed by atoms with Crippen molar-refractivity contribution in [1.29, 1.82) is 0 Å². The van der Waals surface area contributed by atoms with E-state index in [1.54, 1.807) is 48.6 Å². The van der Waals surface area contributed by atoms with Crippen LogP contribution in [0.4, 0.5) is 13.2 Å². The normalized spacial score (nSPS) is 18.6. The molecule has 1 aliphatic rings. The number of hydrogen-bond donors (Lipinski definition) is 0. The monoisotopic (exact) mass is 450 g/mol. The molecule has 33 heavy (non-hydrogen) atoms. The predicted molar refractivity (Wildman–Crippen MR) is 129 cm³/mol. The molecule has 1 fully saturated rings. The molecule has 4 rings (SSSR count). The van der Waals surface area contributed by atoms with Crippen molar-refractivity contribution in [1.82, 2.24) is 0 Å². The van der Waals surface area contributed by atoms with E-state index in [0.29, 0.717) is 35.0 Å². The molecule has 1 aliphatic carbocycles. The fourth-order valence-electron chi connectivity index (χ4n) is 4.53. The summed E-state index contributed by atoms with van der Waals surface area (Å²) in [6.45, 7) is 4.54. The minimum atomic E-state index is -0.786. The topological polar surface area (TPSA) is 9.23 Å². The number of hydrogen-bond acceptors (Lipinski definition) is 1. The molecule has 0 aliphatic heterocycles. The average Bonchev–Trinajstić information content (AvgIpc) is 2.82. The highest BCUT2D eigenvalue weighted by Crippen LogP contribution is 2.38. The van der Waals surface area contributed by atoms with Crippen molar-refractivity contribution in [3.63, 3.8) is 0 Å². The van der Waals surface area contributed by atoms with Crippen LogP contribution >= 0.6 is 0 Å². The Morgan fingerprint density at radius 3 is 2.24 bits per heavy atom. The lowest BCUT2D eigenvalue weighted by Gasteiger charge is -2.27. The average molecular weight is 451 g/mol. The third-order valence-corrected chi connectivity index (χ3v) is 6.53. The zero-order chi connectivity index (χ0) is 23.4. The van der Waals surface area contributed by atoms with Gasteiger partial charge in [0, 0.05) is 17.2 Å². The second-order valence-corrected chi connectivity index (χ2v) is 8.86. The summed E-state index contributed by atoms with van der Waals surface area (Å²) >= 11 is 0. The molecule has 0 radical (unpaired) electrons. The van der Waals surface area contributed by atoms with Gasteiger partial charge in [0.15, 0.2) is 11.6 Å². The number of ether oxygens (including phenoxy) is 1. The van der Waals surface area contributed by atoms with E-state index >= 15 is 0 Å². The summed E-state index contributed by atoms with van der Waals surface area (Å²) in [6, 6.07) is 15.3. The summed E-state index contributed by atoms with van der Waals surface area (Å²) in [5.41, 5.74) is 2.65. The first-order valence-corrected chi connectivity index (χ1v) is 11.6. The third kappa shape index (κ3) is 5.32. The van der Waals surface area contributed by atoms with Crippen molar-refractivity contribution in [2.45, 2.75) is 45.4 Å². The number of benzene rings is 3. The Kier molecular flexibility index (Phi) is 7.22. The summed E-state index contributed by atoms with van der Waals surface area (Å²) in [6.07, 6.45) is 7.40. The highest BCUT2D eigenvalue weighted by Gasteiger charge is 2.25. The standard InChI is InChI=1S/C29H29F3O/c1-3-33-24-15-14-23(27(30)18-24)13-8-20-6-11-22(12-7-20)26-17-16-25(28(31)29(26)32)21-9-4-19(2)5-10-21/h6-8,11-19,21H,3-5,9-10H2,1-2H3/b13-8+. The van der Waals surface area contributed by atoms with Crippen LogP contribution in [0, 0.1) is 23.4 Å². The lowest BCUT2D eigenvalue weighted by Crippen LogP contribution is -2.13. The first-order valence-electron chi connectivity index (χ1n) is 11.6. The maximum atomic E-state index is 14.9. The maximum Gasteiger partial charge on any atom is 0.166 e. The van der Waals surface area contributed by atoms with Gasteiger partial charge in [0.1, 0.15) is 11.6 Å². The maximum absolute atomic E-state index is 14.9. The fourth-order valence-corrected chi connectivity index (χ4v) is 4.53. The van der Waals surface area contributed by atoms with Crippen LogP contribution in [0.2, 0.25) is 0 Å². The quantitative estimate of drug-likeness (QED) is 0.342. The Morgan fingerprint density at radius 2 is 1.58 bits per heavy atom. The van der Waals surface area contributed by atoms with Crippen LogP contribution in [0.1, 0.15) is 62.1 Å². The minimum Gasteiger partial charge on any atom is -0.494 e. The smallest absolute Gasteiger partial charge is 0.166 e. The molecule has 0 spiro atoms. The molecule has 0 unspecified atom stereocenters. The van der Waals surface area contributed by atoms with E-state index in [-0.39, 0.29) is 17.3 Å². The van der Waals surface area contributed by atoms with Crippen molar-refractivity contribution in [2.24, 2.45) is 5.92 Å². The van der Waals surface area contributed by atoms with Gasteiger partial charge in [-0.1, -0.05) is 68.3 Å². The second kappa shape index (κ2) is 10.3. The largest absolute Gasteiger partial charge is 0.494 e. The van der Waals surface area contributed by atoms with E-state index < -0.39 is 11.6 Å². The first-order chi connectivity index (χ1) is 16.0. The van der Waals surface area contributed by atoms with Gasteiger partial charge in [0.25, 0.3) is 0 Å². The highest BCUT2D eigenvalue weighted by atomic mass is 19.2. The molecule has 0 N–H and O–H groups in total. The third-order valence-electron chi connectivity index (χ3n) is 6.53. The summed E-state index contributed by atoms with van der Waals surface area (Å²) in [7, 11) is 0. The van der Waals surface area contributed by atoms with E-state index in [9.17, 15) is 13.2 Å². The van der Waals surface area contributed by atoms with E-state index in [0.717, 1.165) is 31.2 Å². The molecule has 0 bridgehead atoms. The van der Waals surface area contributed by atoms with Gasteiger partial charge in [0.2, 0.25) is 0 Å². The van der Waals surface area contributed by atoms with Gasteiger partial charge >= 0.3 is 0 Å². The van der Waals surface area contributed by atoms with Gasteiger partial charge in [-0.2, -0.15) is 0 Å². The Hall–Kier alpha value is -3.01. The molecule has 4 heteroatoms. The van der Waals surface area contributed by atoms with E-state index in [4.69, 9.17) is 4.74 Å². The Morgan fingerprint density at radius 1 is 0.848 bits per heavy atom. The Labute approximate surface area is 193 Å². The van der Waals surface area contributed by atoms with Gasteiger partial charge in [-0.05, 0) is 60.4 Å². The van der Waals surface area contributed by atoms with Crippen LogP contribution in [-0.4, -0.2) is 6.61 Å². The molecule has 0 aromatic heterocycles. The van der Waals surface area contributed by atoms with Crippen LogP contribution in [-0.2, 0) is 0 Å². The molecule has 1 nitrogen and oxygen atoms in total. The summed E-state index contributed by atoms with van der Waals surface area (Å²) in [4.78, 5) is 0. The van der Waals surface area contributed by atoms with Crippen molar-refractivity contribution >= 4 is 12.2 Å². The Bertz CT molecular complexity index is 1130. The van der Waals surface area contributed by atoms with E-state index in [2.05, 4.69) is 6.92 Å². The van der Waals surface area contributed by atoms with Gasteiger partial charge in [-0.3, -0.25) is 0 Å². The predicted octanol–water partition coefficient (Wildman–Crippen LogP) is 8.63. The molecule has 3 aromatic rings. The molecule has 0 saturated heterocycles. The first kappa shape index (κ1) is 23.2. The Balaban J connectivity index is 1.50. The summed E-state index contributed by atoms with van der Waals surface area (Å²) in [5, 5.41) is 0. The van der Waals surface area contributed by atoms with Gasteiger partial charge < -0.3 is 4.74 Å². The minimum absolute atomic E-state index is 0.0975. The second-order valence-electron chi connectivity index (χ2n) is 8.86. The van der Waals surface area contributed by atoms with Crippen molar-refractivity contribution in [2.75, 3.05) is 6.61 Å². The summed E-state index contributed by atoms with van der Waals surface area (Å²) < 4.78 is 49.4. The van der Waals surface area contributed by atoms with Crippen molar-refractivity contribution in [3.8, 4) is 16.9 Å². The van der Waals surface area contributed by atoms with Crippen molar-refractivity contribution < 1.29 is 17.9 Å². The number of rotatable bonds is 6.